The van der Waals surface area contributed by atoms with Gasteiger partial charge in [-0.05, 0) is 66.8 Å². The van der Waals surface area contributed by atoms with E-state index in [1.54, 1.807) is 0 Å². The van der Waals surface area contributed by atoms with Crippen LogP contribution in [-0.4, -0.2) is 11.6 Å². The van der Waals surface area contributed by atoms with E-state index < -0.39 is 0 Å². The first kappa shape index (κ1) is 22.6. The highest BCUT2D eigenvalue weighted by molar-refractivity contribution is 6.08. The fourth-order valence-corrected chi connectivity index (χ4v) is 4.10. The van der Waals surface area contributed by atoms with Gasteiger partial charge in [-0.3, -0.25) is 0 Å². The molecule has 6 nitrogen and oxygen atoms in total. The molecule has 168 valence electrons. The fraction of sp³-hybridized carbons (Fsp3) is 0.179. The van der Waals surface area contributed by atoms with Crippen LogP contribution in [0.15, 0.2) is 54.1 Å². The molecule has 0 unspecified atom stereocenters. The molecule has 0 aliphatic heterocycles. The van der Waals surface area contributed by atoms with Crippen molar-refractivity contribution in [2.75, 3.05) is 12.3 Å². The highest BCUT2D eigenvalue weighted by Gasteiger charge is 2.29. The average molecular weight is 449 g/mol. The molecule has 0 radical (unpaired) electrons. The van der Waals surface area contributed by atoms with Crippen molar-refractivity contribution < 1.29 is 9.47 Å². The summed E-state index contributed by atoms with van der Waals surface area (Å²) in [4.78, 5) is 4.38. The van der Waals surface area contributed by atoms with Gasteiger partial charge in [-0.15, -0.1) is 0 Å². The number of anilines is 1. The second kappa shape index (κ2) is 9.52. The molecular formula is C28H24N4O2. The first-order valence-corrected chi connectivity index (χ1v) is 11.0. The van der Waals surface area contributed by atoms with Crippen molar-refractivity contribution in [3.63, 3.8) is 0 Å². The van der Waals surface area contributed by atoms with Crippen LogP contribution in [0.1, 0.15) is 47.4 Å². The van der Waals surface area contributed by atoms with E-state index in [4.69, 9.17) is 15.2 Å². The van der Waals surface area contributed by atoms with Crippen LogP contribution < -0.4 is 15.2 Å². The minimum atomic E-state index is 0.138. The largest absolute Gasteiger partial charge is 0.490 e. The van der Waals surface area contributed by atoms with Crippen LogP contribution >= 0.6 is 0 Å². The van der Waals surface area contributed by atoms with Gasteiger partial charge < -0.3 is 15.2 Å². The summed E-state index contributed by atoms with van der Waals surface area (Å²) in [5, 5.41) is 19.3. The molecule has 1 aliphatic rings. The Morgan fingerprint density at radius 2 is 1.76 bits per heavy atom. The molecule has 2 N–H and O–H groups in total. The minimum Gasteiger partial charge on any atom is -0.490 e. The van der Waals surface area contributed by atoms with Crippen molar-refractivity contribution in [1.82, 2.24) is 4.98 Å². The lowest BCUT2D eigenvalue weighted by Crippen LogP contribution is -2.03. The average Bonchev–Trinajstić information content (AvgIpc) is 3.10. The lowest BCUT2D eigenvalue weighted by Gasteiger charge is -2.14. The molecule has 2 aromatic carbocycles. The van der Waals surface area contributed by atoms with Crippen molar-refractivity contribution in [1.29, 1.82) is 10.5 Å². The van der Waals surface area contributed by atoms with E-state index in [2.05, 4.69) is 17.1 Å². The van der Waals surface area contributed by atoms with Gasteiger partial charge in [0.15, 0.2) is 11.5 Å². The summed E-state index contributed by atoms with van der Waals surface area (Å²) in [6, 6.07) is 20.1. The fourth-order valence-electron chi connectivity index (χ4n) is 4.10. The standard InChI is InChI=1S/C28H24N4O2/c1-4-33-25-13-20(10-11-24(25)34-16-19-8-6-5-7-9-19)12-21-17(2)22(14-29)27-26(21)18(3)23(15-30)28(31)32-27/h5-13H,4,16H2,1-3H3,(H2,31,32)/b21-12-. The van der Waals surface area contributed by atoms with Crippen LogP contribution in [-0.2, 0) is 6.61 Å². The van der Waals surface area contributed by atoms with Gasteiger partial charge in [0.1, 0.15) is 24.6 Å². The zero-order valence-corrected chi connectivity index (χ0v) is 19.3. The number of nitrogens with zero attached hydrogens (tertiary/aromatic N) is 3. The van der Waals surface area contributed by atoms with Crippen LogP contribution in [0.2, 0.25) is 0 Å². The predicted octanol–water partition coefficient (Wildman–Crippen LogP) is 5.67. The number of nitrogens with two attached hydrogens (primary N) is 1. The summed E-state index contributed by atoms with van der Waals surface area (Å²) < 4.78 is 11.9. The summed E-state index contributed by atoms with van der Waals surface area (Å²) in [6.07, 6.45) is 1.98. The Morgan fingerprint density at radius 3 is 2.44 bits per heavy atom. The molecule has 1 heterocycles. The van der Waals surface area contributed by atoms with Crippen LogP contribution in [0.25, 0.3) is 17.2 Å². The molecule has 1 aliphatic carbocycles. The lowest BCUT2D eigenvalue weighted by molar-refractivity contribution is 0.269. The number of hydrogen-bond donors (Lipinski definition) is 1. The van der Waals surface area contributed by atoms with Gasteiger partial charge in [0, 0.05) is 5.56 Å². The monoisotopic (exact) mass is 448 g/mol. The molecule has 3 aromatic rings. The van der Waals surface area contributed by atoms with Crippen molar-refractivity contribution in [3.05, 3.63) is 87.6 Å². The van der Waals surface area contributed by atoms with E-state index in [-0.39, 0.29) is 5.82 Å². The van der Waals surface area contributed by atoms with Crippen LogP contribution in [0.5, 0.6) is 11.5 Å². The number of ether oxygens (including phenoxy) is 2. The van der Waals surface area contributed by atoms with Gasteiger partial charge in [-0.2, -0.15) is 10.5 Å². The quantitative estimate of drug-likeness (QED) is 0.521. The Kier molecular flexibility index (Phi) is 6.34. The van der Waals surface area contributed by atoms with Gasteiger partial charge in [0.25, 0.3) is 0 Å². The molecular weight excluding hydrogens is 424 g/mol. The normalized spacial score (nSPS) is 13.4. The summed E-state index contributed by atoms with van der Waals surface area (Å²) in [5.74, 6) is 1.43. The first-order chi connectivity index (χ1) is 16.5. The Hall–Kier alpha value is -4.55. The van der Waals surface area contributed by atoms with E-state index in [0.717, 1.165) is 27.8 Å². The molecule has 4 rings (SSSR count). The maximum atomic E-state index is 9.76. The molecule has 0 atom stereocenters. The number of nitrogen functional groups attached to an aromatic ring is 1. The van der Waals surface area contributed by atoms with E-state index >= 15 is 0 Å². The number of hydrogen-bond acceptors (Lipinski definition) is 6. The minimum absolute atomic E-state index is 0.138. The van der Waals surface area contributed by atoms with E-state index in [1.807, 2.05) is 75.4 Å². The van der Waals surface area contributed by atoms with E-state index in [1.165, 1.54) is 0 Å². The number of benzene rings is 2. The molecule has 1 aromatic heterocycles. The van der Waals surface area contributed by atoms with Crippen molar-refractivity contribution >= 4 is 23.0 Å². The molecule has 0 spiro atoms. The molecule has 0 fully saturated rings. The molecule has 34 heavy (non-hydrogen) atoms. The topological polar surface area (TPSA) is 105 Å². The lowest BCUT2D eigenvalue weighted by atomic mass is 9.95. The van der Waals surface area contributed by atoms with Crippen LogP contribution in [0.4, 0.5) is 5.82 Å². The van der Waals surface area contributed by atoms with Crippen molar-refractivity contribution in [2.45, 2.75) is 27.4 Å². The molecule has 0 saturated carbocycles. The van der Waals surface area contributed by atoms with Crippen LogP contribution in [0.3, 0.4) is 0 Å². The number of allylic oxidation sites excluding steroid dienone is 3. The number of aromatic nitrogens is 1. The Morgan fingerprint density at radius 1 is 1.00 bits per heavy atom. The Balaban J connectivity index is 1.76. The van der Waals surface area contributed by atoms with Gasteiger partial charge in [-0.1, -0.05) is 36.4 Å². The molecule has 0 bridgehead atoms. The smallest absolute Gasteiger partial charge is 0.161 e. The van der Waals surface area contributed by atoms with E-state index in [9.17, 15) is 10.5 Å². The van der Waals surface area contributed by atoms with Crippen molar-refractivity contribution in [2.24, 2.45) is 0 Å². The number of fused-ring (bicyclic) bond motifs is 1. The maximum absolute atomic E-state index is 9.76. The molecule has 0 saturated heterocycles. The Labute approximate surface area is 199 Å². The number of rotatable bonds is 6. The number of nitriles is 2. The van der Waals surface area contributed by atoms with Crippen LogP contribution in [0, 0.1) is 29.6 Å². The maximum Gasteiger partial charge on any atom is 0.161 e. The third kappa shape index (κ3) is 4.10. The zero-order chi connectivity index (χ0) is 24.2. The van der Waals surface area contributed by atoms with Gasteiger partial charge in [0.05, 0.1) is 23.4 Å². The third-order valence-electron chi connectivity index (χ3n) is 5.80. The zero-order valence-electron chi connectivity index (χ0n) is 19.3. The predicted molar refractivity (Wildman–Crippen MR) is 133 cm³/mol. The second-order valence-electron chi connectivity index (χ2n) is 7.92. The molecule has 6 heteroatoms. The molecule has 0 amide bonds. The second-order valence-corrected chi connectivity index (χ2v) is 7.92. The van der Waals surface area contributed by atoms with Gasteiger partial charge in [-0.25, -0.2) is 4.98 Å². The Bertz CT molecular complexity index is 1410. The van der Waals surface area contributed by atoms with Gasteiger partial charge in [0.2, 0.25) is 0 Å². The summed E-state index contributed by atoms with van der Waals surface area (Å²) >= 11 is 0. The van der Waals surface area contributed by atoms with Crippen molar-refractivity contribution in [3.8, 4) is 23.6 Å². The highest BCUT2D eigenvalue weighted by Crippen LogP contribution is 2.44. The summed E-state index contributed by atoms with van der Waals surface area (Å²) in [5.41, 5.74) is 12.4. The van der Waals surface area contributed by atoms with E-state index in [0.29, 0.717) is 47.1 Å². The number of pyridine rings is 1. The SMILES string of the molecule is CCOc1cc(/C=C2/C(C)=C(C#N)c3nc(N)c(C#N)c(C)c32)ccc1OCc1ccccc1. The summed E-state index contributed by atoms with van der Waals surface area (Å²) in [6.45, 7) is 6.58. The first-order valence-electron chi connectivity index (χ1n) is 11.0. The summed E-state index contributed by atoms with van der Waals surface area (Å²) in [7, 11) is 0. The highest BCUT2D eigenvalue weighted by atomic mass is 16.5. The third-order valence-corrected chi connectivity index (χ3v) is 5.80. The van der Waals surface area contributed by atoms with Gasteiger partial charge >= 0.3 is 0 Å².